The van der Waals surface area contributed by atoms with Gasteiger partial charge < -0.3 is 10.6 Å². The van der Waals surface area contributed by atoms with Gasteiger partial charge in [0.15, 0.2) is 0 Å². The molecule has 0 aromatic rings. The van der Waals surface area contributed by atoms with E-state index in [-0.39, 0.29) is 12.0 Å². The molecule has 0 radical (unpaired) electrons. The molecule has 1 saturated heterocycles. The average Bonchev–Trinajstić information content (AvgIpc) is 2.29. The van der Waals surface area contributed by atoms with Crippen LogP contribution in [0.3, 0.4) is 0 Å². The van der Waals surface area contributed by atoms with E-state index in [1.54, 1.807) is 0 Å². The number of hydrogen-bond donors (Lipinski definition) is 1. The fraction of sp³-hybridized carbons (Fsp3) is 0.923. The summed E-state index contributed by atoms with van der Waals surface area (Å²) in [5.41, 5.74) is 5.91. The molecule has 0 aromatic carbocycles. The third kappa shape index (κ3) is 3.78. The standard InChI is InChI=1S/C13H26N2O/c1-3-5-7-11(4-2)13(16)15-9-6-8-12(14)10-15/h11-12H,3-10,14H2,1-2H3/t11-,12+/m0/s1. The van der Waals surface area contributed by atoms with Crippen LogP contribution in [-0.4, -0.2) is 29.9 Å². The Balaban J connectivity index is 2.46. The topological polar surface area (TPSA) is 46.3 Å². The quantitative estimate of drug-likeness (QED) is 0.781. The number of carbonyl (C=O) groups is 1. The molecule has 0 spiro atoms. The van der Waals surface area contributed by atoms with Gasteiger partial charge in [-0.2, -0.15) is 0 Å². The molecule has 1 heterocycles. The van der Waals surface area contributed by atoms with Gasteiger partial charge in [0.1, 0.15) is 0 Å². The van der Waals surface area contributed by atoms with Gasteiger partial charge in [0.25, 0.3) is 0 Å². The van der Waals surface area contributed by atoms with Crippen LogP contribution in [0.2, 0.25) is 0 Å². The fourth-order valence-corrected chi connectivity index (χ4v) is 2.42. The second-order valence-electron chi connectivity index (χ2n) is 4.93. The lowest BCUT2D eigenvalue weighted by Gasteiger charge is -2.33. The number of nitrogens with two attached hydrogens (primary N) is 1. The Kier molecular flexibility index (Phi) is 5.81. The van der Waals surface area contributed by atoms with Gasteiger partial charge in [0.2, 0.25) is 5.91 Å². The largest absolute Gasteiger partial charge is 0.341 e. The molecule has 0 unspecified atom stereocenters. The smallest absolute Gasteiger partial charge is 0.225 e. The number of nitrogens with zero attached hydrogens (tertiary/aromatic N) is 1. The van der Waals surface area contributed by atoms with Crippen molar-refractivity contribution < 1.29 is 4.79 Å². The number of unbranched alkanes of at least 4 members (excludes halogenated alkanes) is 1. The van der Waals surface area contributed by atoms with Crippen LogP contribution >= 0.6 is 0 Å². The minimum absolute atomic E-state index is 0.196. The lowest BCUT2D eigenvalue weighted by Crippen LogP contribution is -2.47. The third-order valence-electron chi connectivity index (χ3n) is 3.52. The highest BCUT2D eigenvalue weighted by molar-refractivity contribution is 5.78. The Hall–Kier alpha value is -0.570. The van der Waals surface area contributed by atoms with Crippen LogP contribution in [0.15, 0.2) is 0 Å². The van der Waals surface area contributed by atoms with Gasteiger partial charge >= 0.3 is 0 Å². The third-order valence-corrected chi connectivity index (χ3v) is 3.52. The van der Waals surface area contributed by atoms with Crippen LogP contribution in [0.4, 0.5) is 0 Å². The Labute approximate surface area is 99.4 Å². The summed E-state index contributed by atoms with van der Waals surface area (Å²) in [6.45, 7) is 5.97. The van der Waals surface area contributed by atoms with Gasteiger partial charge in [0, 0.05) is 25.0 Å². The van der Waals surface area contributed by atoms with E-state index in [1.165, 1.54) is 6.42 Å². The van der Waals surface area contributed by atoms with E-state index in [0.717, 1.165) is 45.2 Å². The summed E-state index contributed by atoms with van der Waals surface area (Å²) < 4.78 is 0. The highest BCUT2D eigenvalue weighted by Crippen LogP contribution is 2.18. The molecule has 1 amide bonds. The molecule has 1 aliphatic heterocycles. The number of piperidine rings is 1. The summed E-state index contributed by atoms with van der Waals surface area (Å²) in [5, 5.41) is 0. The zero-order valence-electron chi connectivity index (χ0n) is 10.7. The van der Waals surface area contributed by atoms with Gasteiger partial charge in [0.05, 0.1) is 0 Å². The zero-order valence-corrected chi connectivity index (χ0v) is 10.7. The van der Waals surface area contributed by atoms with Crippen molar-refractivity contribution in [3.05, 3.63) is 0 Å². The monoisotopic (exact) mass is 226 g/mol. The molecule has 3 heteroatoms. The maximum Gasteiger partial charge on any atom is 0.225 e. The Morgan fingerprint density at radius 1 is 1.50 bits per heavy atom. The van der Waals surface area contributed by atoms with E-state index in [1.807, 2.05) is 4.90 Å². The highest BCUT2D eigenvalue weighted by Gasteiger charge is 2.26. The molecule has 1 fully saturated rings. The van der Waals surface area contributed by atoms with Crippen LogP contribution < -0.4 is 5.73 Å². The van der Waals surface area contributed by atoms with Crippen LogP contribution in [0.25, 0.3) is 0 Å². The molecular weight excluding hydrogens is 200 g/mol. The lowest BCUT2D eigenvalue weighted by molar-refractivity contribution is -0.137. The summed E-state index contributed by atoms with van der Waals surface area (Å²) in [6.07, 6.45) is 6.46. The maximum atomic E-state index is 12.3. The predicted molar refractivity (Wildman–Crippen MR) is 67.1 cm³/mol. The van der Waals surface area contributed by atoms with E-state index >= 15 is 0 Å². The molecule has 0 aromatic heterocycles. The normalized spacial score (nSPS) is 23.2. The van der Waals surface area contributed by atoms with Crippen molar-refractivity contribution >= 4 is 5.91 Å². The minimum atomic E-state index is 0.196. The number of hydrogen-bond acceptors (Lipinski definition) is 2. The molecule has 94 valence electrons. The van der Waals surface area contributed by atoms with Crippen molar-refractivity contribution in [2.45, 2.75) is 58.4 Å². The summed E-state index contributed by atoms with van der Waals surface area (Å²) >= 11 is 0. The number of rotatable bonds is 5. The Bertz CT molecular complexity index is 218. The van der Waals surface area contributed by atoms with Crippen molar-refractivity contribution in [1.82, 2.24) is 4.90 Å². The molecular formula is C13H26N2O. The Morgan fingerprint density at radius 3 is 2.81 bits per heavy atom. The molecule has 0 bridgehead atoms. The Morgan fingerprint density at radius 2 is 2.25 bits per heavy atom. The summed E-state index contributed by atoms with van der Waals surface area (Å²) in [5.74, 6) is 0.566. The molecule has 0 saturated carbocycles. The van der Waals surface area contributed by atoms with Gasteiger partial charge in [-0.25, -0.2) is 0 Å². The van der Waals surface area contributed by atoms with E-state index in [9.17, 15) is 4.79 Å². The first-order valence-corrected chi connectivity index (χ1v) is 6.73. The summed E-state index contributed by atoms with van der Waals surface area (Å²) in [6, 6.07) is 0.196. The molecule has 2 N–H and O–H groups in total. The molecule has 2 atom stereocenters. The van der Waals surface area contributed by atoms with Crippen LogP contribution in [0.5, 0.6) is 0 Å². The van der Waals surface area contributed by atoms with Crippen molar-refractivity contribution in [1.29, 1.82) is 0 Å². The van der Waals surface area contributed by atoms with Crippen molar-refractivity contribution in [3.8, 4) is 0 Å². The first kappa shape index (κ1) is 13.5. The first-order chi connectivity index (χ1) is 7.69. The lowest BCUT2D eigenvalue weighted by atomic mass is 9.96. The van der Waals surface area contributed by atoms with E-state index in [0.29, 0.717) is 5.91 Å². The maximum absolute atomic E-state index is 12.3. The fourth-order valence-electron chi connectivity index (χ4n) is 2.42. The minimum Gasteiger partial charge on any atom is -0.341 e. The zero-order chi connectivity index (χ0) is 12.0. The molecule has 1 aliphatic rings. The number of likely N-dealkylation sites (tertiary alicyclic amines) is 1. The van der Waals surface area contributed by atoms with Crippen LogP contribution in [0.1, 0.15) is 52.4 Å². The van der Waals surface area contributed by atoms with E-state index in [2.05, 4.69) is 13.8 Å². The van der Waals surface area contributed by atoms with Crippen LogP contribution in [0, 0.1) is 5.92 Å². The SMILES string of the molecule is CCCC[C@H](CC)C(=O)N1CCC[C@@H](N)C1. The summed E-state index contributed by atoms with van der Waals surface area (Å²) in [4.78, 5) is 14.2. The highest BCUT2D eigenvalue weighted by atomic mass is 16.2. The van der Waals surface area contributed by atoms with Crippen molar-refractivity contribution in [2.24, 2.45) is 11.7 Å². The van der Waals surface area contributed by atoms with Gasteiger partial charge in [-0.1, -0.05) is 26.7 Å². The van der Waals surface area contributed by atoms with E-state index in [4.69, 9.17) is 5.73 Å². The summed E-state index contributed by atoms with van der Waals surface area (Å²) in [7, 11) is 0. The van der Waals surface area contributed by atoms with Crippen molar-refractivity contribution in [2.75, 3.05) is 13.1 Å². The second kappa shape index (κ2) is 6.89. The number of carbonyl (C=O) groups excluding carboxylic acids is 1. The van der Waals surface area contributed by atoms with Crippen molar-refractivity contribution in [3.63, 3.8) is 0 Å². The predicted octanol–water partition coefficient (Wildman–Crippen LogP) is 2.15. The first-order valence-electron chi connectivity index (χ1n) is 6.73. The average molecular weight is 226 g/mol. The molecule has 16 heavy (non-hydrogen) atoms. The second-order valence-corrected chi connectivity index (χ2v) is 4.93. The van der Waals surface area contributed by atoms with Gasteiger partial charge in [-0.15, -0.1) is 0 Å². The van der Waals surface area contributed by atoms with Gasteiger partial charge in [-0.05, 0) is 25.7 Å². The van der Waals surface area contributed by atoms with Crippen LogP contribution in [-0.2, 0) is 4.79 Å². The molecule has 3 nitrogen and oxygen atoms in total. The van der Waals surface area contributed by atoms with E-state index < -0.39 is 0 Å². The number of amides is 1. The van der Waals surface area contributed by atoms with Gasteiger partial charge in [-0.3, -0.25) is 4.79 Å². The molecule has 1 rings (SSSR count). The molecule has 0 aliphatic carbocycles.